The third-order valence-corrected chi connectivity index (χ3v) is 5.57. The molecule has 0 radical (unpaired) electrons. The van der Waals surface area contributed by atoms with E-state index in [1.807, 2.05) is 0 Å². The van der Waals surface area contributed by atoms with Gasteiger partial charge in [0.05, 0.1) is 13.7 Å². The molecule has 1 saturated heterocycles. The zero-order valence-electron chi connectivity index (χ0n) is 14.8. The Kier molecular flexibility index (Phi) is 5.33. The average Bonchev–Trinajstić information content (AvgIpc) is 3.01. The largest absolute Gasteiger partial charge is 0.495 e. The molecule has 0 spiro atoms. The number of amides is 1. The molecule has 0 aromatic heterocycles. The molecule has 2 aromatic carbocycles. The summed E-state index contributed by atoms with van der Waals surface area (Å²) in [7, 11) is -2.46. The molecule has 1 amide bonds. The van der Waals surface area contributed by atoms with E-state index in [1.54, 1.807) is 19.1 Å². The SMILES string of the molecule is COc1ccc(C)cc1S(=O)(=O)NCC1CN(c2ccc(F)cc2)C(=O)O1. The van der Waals surface area contributed by atoms with Gasteiger partial charge < -0.3 is 9.47 Å². The van der Waals surface area contributed by atoms with Crippen molar-refractivity contribution in [1.82, 2.24) is 4.72 Å². The topological polar surface area (TPSA) is 84.9 Å². The normalized spacial score (nSPS) is 17.1. The number of aryl methyl sites for hydroxylation is 1. The standard InChI is InChI=1S/C18H19FN2O5S/c1-12-3-8-16(25-2)17(9-12)27(23,24)20-10-15-11-21(18(22)26-15)14-6-4-13(19)5-7-14/h3-9,15,20H,10-11H2,1-2H3. The molecule has 7 nitrogen and oxygen atoms in total. The lowest BCUT2D eigenvalue weighted by atomic mass is 10.2. The first-order valence-corrected chi connectivity index (χ1v) is 9.66. The maximum absolute atomic E-state index is 13.0. The number of anilines is 1. The minimum absolute atomic E-state index is 0.0183. The molecule has 0 bridgehead atoms. The van der Waals surface area contributed by atoms with E-state index in [2.05, 4.69) is 4.72 Å². The van der Waals surface area contributed by atoms with Crippen molar-refractivity contribution in [3.8, 4) is 5.75 Å². The van der Waals surface area contributed by atoms with E-state index in [0.29, 0.717) is 5.69 Å². The predicted molar refractivity (Wildman–Crippen MR) is 96.9 cm³/mol. The van der Waals surface area contributed by atoms with E-state index in [9.17, 15) is 17.6 Å². The monoisotopic (exact) mass is 394 g/mol. The number of nitrogens with zero attached hydrogens (tertiary/aromatic N) is 1. The van der Waals surface area contributed by atoms with Gasteiger partial charge in [0, 0.05) is 12.2 Å². The van der Waals surface area contributed by atoms with Crippen molar-refractivity contribution >= 4 is 21.8 Å². The van der Waals surface area contributed by atoms with Crippen LogP contribution in [0.25, 0.3) is 0 Å². The number of hydrogen-bond acceptors (Lipinski definition) is 5. The minimum Gasteiger partial charge on any atom is -0.495 e. The maximum Gasteiger partial charge on any atom is 0.414 e. The molecule has 1 aliphatic rings. The first-order chi connectivity index (χ1) is 12.8. The molecule has 1 aliphatic heterocycles. The number of cyclic esters (lactones) is 1. The third-order valence-electron chi connectivity index (χ3n) is 4.12. The Bertz CT molecular complexity index is 947. The van der Waals surface area contributed by atoms with Crippen LogP contribution < -0.4 is 14.4 Å². The number of hydrogen-bond donors (Lipinski definition) is 1. The summed E-state index contributed by atoms with van der Waals surface area (Å²) in [5.41, 5.74) is 1.25. The van der Waals surface area contributed by atoms with Crippen molar-refractivity contribution in [2.45, 2.75) is 17.9 Å². The summed E-state index contributed by atoms with van der Waals surface area (Å²) in [4.78, 5) is 13.4. The fourth-order valence-corrected chi connectivity index (χ4v) is 4.05. The Hall–Kier alpha value is -2.65. The summed E-state index contributed by atoms with van der Waals surface area (Å²) in [6, 6.07) is 10.2. The lowest BCUT2D eigenvalue weighted by Gasteiger charge is -2.14. The summed E-state index contributed by atoms with van der Waals surface area (Å²) in [5.74, 6) is -0.188. The highest BCUT2D eigenvalue weighted by Gasteiger charge is 2.33. The van der Waals surface area contributed by atoms with Crippen molar-refractivity contribution in [3.05, 3.63) is 53.8 Å². The van der Waals surface area contributed by atoms with Gasteiger partial charge in [-0.1, -0.05) is 6.07 Å². The molecule has 9 heteroatoms. The van der Waals surface area contributed by atoms with Crippen molar-refractivity contribution in [2.24, 2.45) is 0 Å². The van der Waals surface area contributed by atoms with Gasteiger partial charge in [0.1, 0.15) is 22.6 Å². The molecular formula is C18H19FN2O5S. The van der Waals surface area contributed by atoms with Gasteiger partial charge >= 0.3 is 6.09 Å². The van der Waals surface area contributed by atoms with E-state index in [0.717, 1.165) is 5.56 Å². The van der Waals surface area contributed by atoms with Crippen LogP contribution in [0.1, 0.15) is 5.56 Å². The van der Waals surface area contributed by atoms with Gasteiger partial charge in [-0.3, -0.25) is 4.90 Å². The first-order valence-electron chi connectivity index (χ1n) is 8.18. The molecule has 0 aliphatic carbocycles. The van der Waals surface area contributed by atoms with Gasteiger partial charge in [0.15, 0.2) is 0 Å². The number of carbonyl (C=O) groups excluding carboxylic acids is 1. The Labute approximate surface area is 156 Å². The number of carbonyl (C=O) groups is 1. The second kappa shape index (κ2) is 7.53. The molecular weight excluding hydrogens is 375 g/mol. The molecule has 3 rings (SSSR count). The summed E-state index contributed by atoms with van der Waals surface area (Å²) >= 11 is 0. The van der Waals surface area contributed by atoms with Gasteiger partial charge in [-0.15, -0.1) is 0 Å². The molecule has 1 heterocycles. The number of methoxy groups -OCH3 is 1. The number of rotatable bonds is 6. The maximum atomic E-state index is 13.0. The molecule has 1 atom stereocenters. The fraction of sp³-hybridized carbons (Fsp3) is 0.278. The zero-order valence-corrected chi connectivity index (χ0v) is 15.6. The molecule has 144 valence electrons. The van der Waals surface area contributed by atoms with Crippen LogP contribution >= 0.6 is 0 Å². The minimum atomic E-state index is -3.85. The van der Waals surface area contributed by atoms with E-state index >= 15 is 0 Å². The smallest absolute Gasteiger partial charge is 0.414 e. The van der Waals surface area contributed by atoms with E-state index in [1.165, 1.54) is 42.3 Å². The molecule has 27 heavy (non-hydrogen) atoms. The average molecular weight is 394 g/mol. The van der Waals surface area contributed by atoms with Gasteiger partial charge in [0.2, 0.25) is 10.0 Å². The van der Waals surface area contributed by atoms with Crippen LogP contribution in [0.2, 0.25) is 0 Å². The molecule has 0 saturated carbocycles. The number of benzene rings is 2. The summed E-state index contributed by atoms with van der Waals surface area (Å²) in [6.07, 6.45) is -1.29. The Balaban J connectivity index is 1.69. The number of ether oxygens (including phenoxy) is 2. The Morgan fingerprint density at radius 1 is 1.26 bits per heavy atom. The van der Waals surface area contributed by atoms with Crippen molar-refractivity contribution in [2.75, 3.05) is 25.1 Å². The van der Waals surface area contributed by atoms with Crippen LogP contribution in [-0.4, -0.2) is 40.8 Å². The zero-order chi connectivity index (χ0) is 19.6. The van der Waals surface area contributed by atoms with Gasteiger partial charge in [-0.05, 0) is 48.9 Å². The number of sulfonamides is 1. The van der Waals surface area contributed by atoms with Crippen LogP contribution in [0, 0.1) is 12.7 Å². The van der Waals surface area contributed by atoms with Crippen LogP contribution in [0.4, 0.5) is 14.9 Å². The number of nitrogens with one attached hydrogen (secondary N) is 1. The molecule has 1 N–H and O–H groups in total. The van der Waals surface area contributed by atoms with Crippen molar-refractivity contribution in [1.29, 1.82) is 0 Å². The molecule has 1 fully saturated rings. The lowest BCUT2D eigenvalue weighted by Crippen LogP contribution is -2.34. The van der Waals surface area contributed by atoms with Crippen LogP contribution in [0.3, 0.4) is 0 Å². The predicted octanol–water partition coefficient (Wildman–Crippen LogP) is 2.45. The van der Waals surface area contributed by atoms with Gasteiger partial charge in [-0.25, -0.2) is 22.3 Å². The second-order valence-electron chi connectivity index (χ2n) is 6.10. The van der Waals surface area contributed by atoms with E-state index < -0.39 is 28.0 Å². The Morgan fingerprint density at radius 3 is 2.63 bits per heavy atom. The highest BCUT2D eigenvalue weighted by Crippen LogP contribution is 2.25. The van der Waals surface area contributed by atoms with Gasteiger partial charge in [0.25, 0.3) is 0 Å². The number of halogens is 1. The van der Waals surface area contributed by atoms with Crippen molar-refractivity contribution in [3.63, 3.8) is 0 Å². The fourth-order valence-electron chi connectivity index (χ4n) is 2.73. The Morgan fingerprint density at radius 2 is 1.96 bits per heavy atom. The van der Waals surface area contributed by atoms with Crippen LogP contribution in [-0.2, 0) is 14.8 Å². The van der Waals surface area contributed by atoms with E-state index in [-0.39, 0.29) is 23.7 Å². The lowest BCUT2D eigenvalue weighted by molar-refractivity contribution is 0.143. The van der Waals surface area contributed by atoms with Crippen LogP contribution in [0.15, 0.2) is 47.4 Å². The summed E-state index contributed by atoms with van der Waals surface area (Å²) < 4.78 is 51.0. The highest BCUT2D eigenvalue weighted by molar-refractivity contribution is 7.89. The van der Waals surface area contributed by atoms with E-state index in [4.69, 9.17) is 9.47 Å². The first kappa shape index (κ1) is 19.1. The molecule has 1 unspecified atom stereocenters. The van der Waals surface area contributed by atoms with Gasteiger partial charge in [-0.2, -0.15) is 0 Å². The summed E-state index contributed by atoms with van der Waals surface area (Å²) in [5, 5.41) is 0. The quantitative estimate of drug-likeness (QED) is 0.814. The summed E-state index contributed by atoms with van der Waals surface area (Å²) in [6.45, 7) is 1.83. The molecule has 2 aromatic rings. The van der Waals surface area contributed by atoms with Crippen molar-refractivity contribution < 1.29 is 27.1 Å². The highest BCUT2D eigenvalue weighted by atomic mass is 32.2. The third kappa shape index (κ3) is 4.20. The second-order valence-corrected chi connectivity index (χ2v) is 7.83. The van der Waals surface area contributed by atoms with Crippen LogP contribution in [0.5, 0.6) is 5.75 Å².